The lowest BCUT2D eigenvalue weighted by molar-refractivity contribution is -0.120. The van der Waals surface area contributed by atoms with Crippen molar-refractivity contribution in [2.24, 2.45) is 5.41 Å². The van der Waals surface area contributed by atoms with Gasteiger partial charge in [0, 0.05) is 5.41 Å². The van der Waals surface area contributed by atoms with Crippen LogP contribution in [0.25, 0.3) is 0 Å². The molecule has 1 aromatic carbocycles. The first-order valence-corrected chi connectivity index (χ1v) is 7.87. The van der Waals surface area contributed by atoms with Crippen LogP contribution in [0.1, 0.15) is 34.6 Å². The Hall–Kier alpha value is -1.04. The molecule has 0 N–H and O–H groups in total. The van der Waals surface area contributed by atoms with Crippen LogP contribution in [0.3, 0.4) is 0 Å². The smallest absolute Gasteiger partial charge is 0.493 e. The Morgan fingerprint density at radius 3 is 1.95 bits per heavy atom. The van der Waals surface area contributed by atoms with Crippen LogP contribution in [0.15, 0.2) is 24.3 Å². The van der Waals surface area contributed by atoms with Crippen LogP contribution < -0.4 is 10.2 Å². The summed E-state index contributed by atoms with van der Waals surface area (Å²) in [5, 5.41) is 0. The molecule has 0 aromatic heterocycles. The largest absolute Gasteiger partial charge is 0.494 e. The molecule has 2 aliphatic heterocycles. The SMILES string of the molecule is CC1(COc2ccc(B3OC(C)(C)C(C)(C)O3)cc2)COC1. The summed E-state index contributed by atoms with van der Waals surface area (Å²) in [5.74, 6) is 0.869. The molecule has 5 heteroatoms. The molecular formula is C17H25BO4. The van der Waals surface area contributed by atoms with Gasteiger partial charge in [-0.15, -0.1) is 0 Å². The molecule has 0 amide bonds. The minimum atomic E-state index is -0.323. The summed E-state index contributed by atoms with van der Waals surface area (Å²) in [4.78, 5) is 0. The first-order valence-electron chi connectivity index (χ1n) is 7.87. The highest BCUT2D eigenvalue weighted by Gasteiger charge is 2.51. The molecule has 2 heterocycles. The molecule has 0 atom stereocenters. The van der Waals surface area contributed by atoms with Gasteiger partial charge in [0.1, 0.15) is 5.75 Å². The number of ether oxygens (including phenoxy) is 2. The molecule has 0 spiro atoms. The van der Waals surface area contributed by atoms with E-state index in [0.29, 0.717) is 6.61 Å². The predicted octanol–water partition coefficient (Wildman–Crippen LogP) is 2.40. The molecule has 3 rings (SSSR count). The van der Waals surface area contributed by atoms with Crippen LogP contribution in [0.4, 0.5) is 0 Å². The van der Waals surface area contributed by atoms with Gasteiger partial charge in [-0.05, 0) is 45.3 Å². The Balaban J connectivity index is 1.62. The van der Waals surface area contributed by atoms with Gasteiger partial charge in [0.15, 0.2) is 0 Å². The molecule has 2 aliphatic rings. The van der Waals surface area contributed by atoms with Crippen molar-refractivity contribution in [2.45, 2.75) is 45.8 Å². The fraction of sp³-hybridized carbons (Fsp3) is 0.647. The maximum Gasteiger partial charge on any atom is 0.494 e. The summed E-state index contributed by atoms with van der Waals surface area (Å²) in [5.41, 5.74) is 0.547. The Bertz CT molecular complexity index is 518. The van der Waals surface area contributed by atoms with E-state index in [1.807, 2.05) is 24.3 Å². The van der Waals surface area contributed by atoms with Gasteiger partial charge in [0.2, 0.25) is 0 Å². The van der Waals surface area contributed by atoms with Crippen LogP contribution in [0.2, 0.25) is 0 Å². The topological polar surface area (TPSA) is 36.9 Å². The maximum atomic E-state index is 6.05. The Labute approximate surface area is 133 Å². The van der Waals surface area contributed by atoms with Crippen LogP contribution in [-0.2, 0) is 14.0 Å². The van der Waals surface area contributed by atoms with Crippen LogP contribution in [-0.4, -0.2) is 38.1 Å². The zero-order valence-electron chi connectivity index (χ0n) is 14.1. The molecule has 0 aliphatic carbocycles. The van der Waals surface area contributed by atoms with Crippen molar-refractivity contribution in [3.63, 3.8) is 0 Å². The monoisotopic (exact) mass is 304 g/mol. The van der Waals surface area contributed by atoms with Crippen molar-refractivity contribution in [2.75, 3.05) is 19.8 Å². The third kappa shape index (κ3) is 2.90. The predicted molar refractivity (Wildman–Crippen MR) is 86.6 cm³/mol. The fourth-order valence-electron chi connectivity index (χ4n) is 2.49. The van der Waals surface area contributed by atoms with Crippen LogP contribution in [0, 0.1) is 5.41 Å². The molecule has 0 bridgehead atoms. The summed E-state index contributed by atoms with van der Waals surface area (Å²) in [7, 11) is -0.323. The molecule has 22 heavy (non-hydrogen) atoms. The fourth-order valence-corrected chi connectivity index (χ4v) is 2.49. The van der Waals surface area contributed by atoms with Gasteiger partial charge in [0.05, 0.1) is 31.0 Å². The van der Waals surface area contributed by atoms with Gasteiger partial charge in [-0.25, -0.2) is 0 Å². The van der Waals surface area contributed by atoms with E-state index in [1.165, 1.54) is 0 Å². The number of hydrogen-bond donors (Lipinski definition) is 0. The highest BCUT2D eigenvalue weighted by Crippen LogP contribution is 2.36. The average molecular weight is 304 g/mol. The van der Waals surface area contributed by atoms with Crippen molar-refractivity contribution in [1.82, 2.24) is 0 Å². The molecular weight excluding hydrogens is 279 g/mol. The highest BCUT2D eigenvalue weighted by molar-refractivity contribution is 6.62. The normalized spacial score (nSPS) is 24.9. The molecule has 120 valence electrons. The van der Waals surface area contributed by atoms with Crippen molar-refractivity contribution in [1.29, 1.82) is 0 Å². The van der Waals surface area contributed by atoms with Gasteiger partial charge >= 0.3 is 7.12 Å². The average Bonchev–Trinajstić information content (AvgIpc) is 2.64. The van der Waals surface area contributed by atoms with Crippen molar-refractivity contribution < 1.29 is 18.8 Å². The molecule has 2 fully saturated rings. The second kappa shape index (κ2) is 5.26. The van der Waals surface area contributed by atoms with Crippen molar-refractivity contribution >= 4 is 12.6 Å². The lowest BCUT2D eigenvalue weighted by atomic mass is 9.79. The minimum absolute atomic E-state index is 0.157. The lowest BCUT2D eigenvalue weighted by Crippen LogP contribution is -2.44. The van der Waals surface area contributed by atoms with Crippen LogP contribution in [0.5, 0.6) is 5.75 Å². The van der Waals surface area contributed by atoms with Gasteiger partial charge < -0.3 is 18.8 Å². The summed E-state index contributed by atoms with van der Waals surface area (Å²) in [6, 6.07) is 7.97. The van der Waals surface area contributed by atoms with E-state index in [2.05, 4.69) is 34.6 Å². The summed E-state index contributed by atoms with van der Waals surface area (Å²) < 4.78 is 23.2. The number of hydrogen-bond acceptors (Lipinski definition) is 4. The molecule has 0 unspecified atom stereocenters. The quantitative estimate of drug-likeness (QED) is 0.801. The number of benzene rings is 1. The number of rotatable bonds is 4. The summed E-state index contributed by atoms with van der Waals surface area (Å²) in [6.07, 6.45) is 0. The summed E-state index contributed by atoms with van der Waals surface area (Å²) in [6.45, 7) is 12.7. The Morgan fingerprint density at radius 1 is 0.955 bits per heavy atom. The van der Waals surface area contributed by atoms with E-state index in [-0.39, 0.29) is 23.7 Å². The van der Waals surface area contributed by atoms with E-state index in [1.54, 1.807) is 0 Å². The Morgan fingerprint density at radius 2 is 1.50 bits per heavy atom. The van der Waals surface area contributed by atoms with E-state index in [0.717, 1.165) is 24.4 Å². The lowest BCUT2D eigenvalue weighted by Gasteiger charge is -2.37. The van der Waals surface area contributed by atoms with E-state index < -0.39 is 0 Å². The third-order valence-corrected chi connectivity index (χ3v) is 4.89. The molecule has 0 radical (unpaired) electrons. The first kappa shape index (κ1) is 15.8. The first-order chi connectivity index (χ1) is 10.2. The summed E-state index contributed by atoms with van der Waals surface area (Å²) >= 11 is 0. The maximum absolute atomic E-state index is 6.05. The van der Waals surface area contributed by atoms with E-state index >= 15 is 0 Å². The molecule has 0 saturated carbocycles. The third-order valence-electron chi connectivity index (χ3n) is 4.89. The van der Waals surface area contributed by atoms with E-state index in [4.69, 9.17) is 18.8 Å². The molecule has 4 nitrogen and oxygen atoms in total. The highest BCUT2D eigenvalue weighted by atomic mass is 16.7. The standard InChI is InChI=1S/C17H25BO4/c1-15(2)16(3,4)22-18(21-15)13-6-8-14(9-7-13)20-12-17(5)10-19-11-17/h6-9H,10-12H2,1-5H3. The zero-order chi connectivity index (χ0) is 16.0. The van der Waals surface area contributed by atoms with Crippen LogP contribution >= 0.6 is 0 Å². The Kier molecular flexibility index (Phi) is 3.79. The van der Waals surface area contributed by atoms with Crippen molar-refractivity contribution in [3.8, 4) is 5.75 Å². The van der Waals surface area contributed by atoms with Gasteiger partial charge in [-0.2, -0.15) is 0 Å². The van der Waals surface area contributed by atoms with Gasteiger partial charge in [-0.1, -0.05) is 19.1 Å². The zero-order valence-corrected chi connectivity index (χ0v) is 14.1. The molecule has 1 aromatic rings. The second-order valence-electron chi connectivity index (χ2n) is 7.75. The molecule has 2 saturated heterocycles. The van der Waals surface area contributed by atoms with Crippen molar-refractivity contribution in [3.05, 3.63) is 24.3 Å². The van der Waals surface area contributed by atoms with Gasteiger partial charge in [0.25, 0.3) is 0 Å². The van der Waals surface area contributed by atoms with Gasteiger partial charge in [-0.3, -0.25) is 0 Å². The minimum Gasteiger partial charge on any atom is -0.493 e. The van der Waals surface area contributed by atoms with E-state index in [9.17, 15) is 0 Å². The second-order valence-corrected chi connectivity index (χ2v) is 7.75.